The quantitative estimate of drug-likeness (QED) is 0.771. The van der Waals surface area contributed by atoms with Crippen molar-refractivity contribution in [1.29, 1.82) is 0 Å². The normalized spacial score (nSPS) is 34.2. The summed E-state index contributed by atoms with van der Waals surface area (Å²) in [6, 6.07) is 1.84. The zero-order chi connectivity index (χ0) is 16.3. The highest BCUT2D eigenvalue weighted by atomic mass is 32.2. The monoisotopic (exact) mass is 343 g/mol. The van der Waals surface area contributed by atoms with Gasteiger partial charge in [0.1, 0.15) is 0 Å². The molecule has 0 spiro atoms. The highest BCUT2D eigenvalue weighted by molar-refractivity contribution is 7.89. The molecule has 2 N–H and O–H groups in total. The van der Waals surface area contributed by atoms with Gasteiger partial charge in [-0.15, -0.1) is 0 Å². The van der Waals surface area contributed by atoms with Gasteiger partial charge in [0.05, 0.1) is 5.75 Å². The molecule has 0 amide bonds. The SMILES string of the molecule is CCCS(=O)(=O)N1CCC(NC2CCCC2C2CCCN2)CC1. The second-order valence-corrected chi connectivity index (χ2v) is 9.65. The van der Waals surface area contributed by atoms with E-state index < -0.39 is 10.0 Å². The molecule has 0 aromatic carbocycles. The van der Waals surface area contributed by atoms with Gasteiger partial charge in [0, 0.05) is 31.2 Å². The number of sulfonamides is 1. The molecule has 3 rings (SSSR count). The van der Waals surface area contributed by atoms with E-state index in [1.54, 1.807) is 4.31 Å². The minimum atomic E-state index is -3.01. The Labute approximate surface area is 141 Å². The maximum Gasteiger partial charge on any atom is 0.214 e. The molecule has 0 aromatic rings. The number of hydrogen-bond acceptors (Lipinski definition) is 4. The summed E-state index contributed by atoms with van der Waals surface area (Å²) in [5, 5.41) is 7.57. The van der Waals surface area contributed by atoms with Crippen LogP contribution in [0.3, 0.4) is 0 Å². The van der Waals surface area contributed by atoms with Gasteiger partial charge in [0.25, 0.3) is 0 Å². The summed E-state index contributed by atoms with van der Waals surface area (Å²) in [6.45, 7) is 4.50. The van der Waals surface area contributed by atoms with Crippen LogP contribution in [-0.2, 0) is 10.0 Å². The average Bonchev–Trinajstić information content (AvgIpc) is 3.18. The van der Waals surface area contributed by atoms with E-state index in [0.29, 0.717) is 43.4 Å². The zero-order valence-electron chi connectivity index (χ0n) is 14.5. The van der Waals surface area contributed by atoms with Gasteiger partial charge in [0.2, 0.25) is 10.0 Å². The standard InChI is InChI=1S/C17H33N3O2S/c1-2-13-23(21,22)20-11-8-14(9-12-20)19-17-6-3-5-15(17)16-7-4-10-18-16/h14-19H,2-13H2,1H3. The van der Waals surface area contributed by atoms with Gasteiger partial charge in [-0.3, -0.25) is 0 Å². The lowest BCUT2D eigenvalue weighted by Crippen LogP contribution is -2.51. The van der Waals surface area contributed by atoms with Gasteiger partial charge < -0.3 is 10.6 Å². The summed E-state index contributed by atoms with van der Waals surface area (Å²) in [6.07, 6.45) is 9.26. The summed E-state index contributed by atoms with van der Waals surface area (Å²) in [7, 11) is -3.01. The topological polar surface area (TPSA) is 61.4 Å². The third-order valence-electron chi connectivity index (χ3n) is 5.94. The molecular formula is C17H33N3O2S. The van der Waals surface area contributed by atoms with Crippen LogP contribution in [0.4, 0.5) is 0 Å². The first-order chi connectivity index (χ1) is 11.1. The van der Waals surface area contributed by atoms with E-state index in [4.69, 9.17) is 0 Å². The molecule has 2 saturated heterocycles. The van der Waals surface area contributed by atoms with Crippen LogP contribution in [0.5, 0.6) is 0 Å². The van der Waals surface area contributed by atoms with E-state index in [2.05, 4.69) is 10.6 Å². The summed E-state index contributed by atoms with van der Waals surface area (Å²) in [5.41, 5.74) is 0. The van der Waals surface area contributed by atoms with Crippen LogP contribution < -0.4 is 10.6 Å². The second kappa shape index (κ2) is 7.81. The number of nitrogens with one attached hydrogen (secondary N) is 2. The van der Waals surface area contributed by atoms with E-state index in [9.17, 15) is 8.42 Å². The summed E-state index contributed by atoms with van der Waals surface area (Å²) in [5.74, 6) is 1.07. The van der Waals surface area contributed by atoms with E-state index in [-0.39, 0.29) is 0 Å². The second-order valence-electron chi connectivity index (χ2n) is 7.56. The molecule has 1 saturated carbocycles. The van der Waals surface area contributed by atoms with Crippen LogP contribution in [-0.4, -0.2) is 56.2 Å². The van der Waals surface area contributed by atoms with Crippen molar-refractivity contribution in [2.24, 2.45) is 5.92 Å². The van der Waals surface area contributed by atoms with Crippen molar-refractivity contribution >= 4 is 10.0 Å². The molecular weight excluding hydrogens is 310 g/mol. The van der Waals surface area contributed by atoms with Gasteiger partial charge in [-0.1, -0.05) is 13.3 Å². The molecule has 3 atom stereocenters. The number of piperidine rings is 1. The van der Waals surface area contributed by atoms with E-state index in [1.165, 1.54) is 38.6 Å². The van der Waals surface area contributed by atoms with Crippen molar-refractivity contribution in [3.63, 3.8) is 0 Å². The number of rotatable bonds is 6. The molecule has 6 heteroatoms. The van der Waals surface area contributed by atoms with Crippen LogP contribution >= 0.6 is 0 Å². The zero-order valence-corrected chi connectivity index (χ0v) is 15.3. The first-order valence-electron chi connectivity index (χ1n) is 9.57. The lowest BCUT2D eigenvalue weighted by atomic mass is 9.92. The fourth-order valence-electron chi connectivity index (χ4n) is 4.74. The molecule has 23 heavy (non-hydrogen) atoms. The first kappa shape index (κ1) is 17.6. The van der Waals surface area contributed by atoms with Gasteiger partial charge in [-0.25, -0.2) is 12.7 Å². The molecule has 3 unspecified atom stereocenters. The lowest BCUT2D eigenvalue weighted by molar-refractivity contribution is 0.240. The van der Waals surface area contributed by atoms with E-state index in [0.717, 1.165) is 18.8 Å². The minimum Gasteiger partial charge on any atom is -0.314 e. The van der Waals surface area contributed by atoms with Crippen LogP contribution in [0.25, 0.3) is 0 Å². The fraction of sp³-hybridized carbons (Fsp3) is 1.00. The highest BCUT2D eigenvalue weighted by Gasteiger charge is 2.36. The number of hydrogen-bond donors (Lipinski definition) is 2. The number of nitrogens with zero attached hydrogens (tertiary/aromatic N) is 1. The molecule has 2 aliphatic heterocycles. The summed E-state index contributed by atoms with van der Waals surface area (Å²) >= 11 is 0. The molecule has 134 valence electrons. The van der Waals surface area contributed by atoms with Crippen molar-refractivity contribution in [3.05, 3.63) is 0 Å². The van der Waals surface area contributed by atoms with E-state index >= 15 is 0 Å². The molecule has 0 bridgehead atoms. The Hall–Kier alpha value is -0.170. The Morgan fingerprint density at radius 2 is 1.87 bits per heavy atom. The van der Waals surface area contributed by atoms with Crippen molar-refractivity contribution in [2.45, 2.75) is 76.4 Å². The van der Waals surface area contributed by atoms with E-state index in [1.807, 2.05) is 6.92 Å². The van der Waals surface area contributed by atoms with Gasteiger partial charge in [-0.2, -0.15) is 0 Å². The largest absolute Gasteiger partial charge is 0.314 e. The third-order valence-corrected chi connectivity index (χ3v) is 8.02. The van der Waals surface area contributed by atoms with Crippen LogP contribution in [0.2, 0.25) is 0 Å². The Morgan fingerprint density at radius 1 is 1.09 bits per heavy atom. The van der Waals surface area contributed by atoms with Crippen LogP contribution in [0.1, 0.15) is 58.3 Å². The molecule has 5 nitrogen and oxygen atoms in total. The van der Waals surface area contributed by atoms with Crippen LogP contribution in [0, 0.1) is 5.92 Å². The molecule has 1 aliphatic carbocycles. The third kappa shape index (κ3) is 4.27. The predicted octanol–water partition coefficient (Wildman–Crippen LogP) is 1.70. The van der Waals surface area contributed by atoms with Crippen molar-refractivity contribution in [2.75, 3.05) is 25.4 Å². The van der Waals surface area contributed by atoms with Crippen LogP contribution in [0.15, 0.2) is 0 Å². The van der Waals surface area contributed by atoms with Crippen molar-refractivity contribution < 1.29 is 8.42 Å². The van der Waals surface area contributed by atoms with Gasteiger partial charge >= 0.3 is 0 Å². The molecule has 2 heterocycles. The Balaban J connectivity index is 1.48. The molecule has 3 aliphatic rings. The molecule has 3 fully saturated rings. The Morgan fingerprint density at radius 3 is 2.52 bits per heavy atom. The molecule has 0 radical (unpaired) electrons. The minimum absolute atomic E-state index is 0.295. The maximum absolute atomic E-state index is 12.2. The maximum atomic E-state index is 12.2. The highest BCUT2D eigenvalue weighted by Crippen LogP contribution is 2.32. The summed E-state index contributed by atoms with van der Waals surface area (Å²) in [4.78, 5) is 0. The van der Waals surface area contributed by atoms with Gasteiger partial charge in [0.15, 0.2) is 0 Å². The average molecular weight is 344 g/mol. The lowest BCUT2D eigenvalue weighted by Gasteiger charge is -2.35. The Bertz CT molecular complexity index is 468. The van der Waals surface area contributed by atoms with Gasteiger partial charge in [-0.05, 0) is 57.4 Å². The smallest absolute Gasteiger partial charge is 0.214 e. The molecule has 0 aromatic heterocycles. The van der Waals surface area contributed by atoms with Crippen molar-refractivity contribution in [1.82, 2.24) is 14.9 Å². The first-order valence-corrected chi connectivity index (χ1v) is 11.2. The van der Waals surface area contributed by atoms with Crippen molar-refractivity contribution in [3.8, 4) is 0 Å². The summed E-state index contributed by atoms with van der Waals surface area (Å²) < 4.78 is 26.0. The fourth-order valence-corrected chi connectivity index (χ4v) is 6.29. The Kier molecular flexibility index (Phi) is 5.99. The predicted molar refractivity (Wildman–Crippen MR) is 94.0 cm³/mol.